The molecule has 0 fully saturated rings. The van der Waals surface area contributed by atoms with Crippen LogP contribution in [0.3, 0.4) is 0 Å². The van der Waals surface area contributed by atoms with Crippen LogP contribution in [0.2, 0.25) is 0 Å². The Hall–Kier alpha value is -3.14. The van der Waals surface area contributed by atoms with Gasteiger partial charge in [-0.1, -0.05) is 0 Å². The van der Waals surface area contributed by atoms with Crippen LogP contribution in [0.4, 0.5) is 10.1 Å². The molecule has 0 saturated carbocycles. The molecule has 0 radical (unpaired) electrons. The van der Waals surface area contributed by atoms with E-state index in [1.165, 1.54) is 27.8 Å². The predicted octanol–water partition coefficient (Wildman–Crippen LogP) is 0.701. The lowest BCUT2D eigenvalue weighted by Crippen LogP contribution is -2.29. The maximum atomic E-state index is 13.1. The molecule has 3 aromatic rings. The third kappa shape index (κ3) is 3.13. The fraction of sp³-hybridized carbons (Fsp3) is 0.214. The minimum Gasteiger partial charge on any atom is -0.389 e. The van der Waals surface area contributed by atoms with Crippen LogP contribution in [0, 0.1) is 15.9 Å². The van der Waals surface area contributed by atoms with E-state index in [4.69, 9.17) is 0 Å². The molecule has 0 aliphatic rings. The van der Waals surface area contributed by atoms with Gasteiger partial charge in [0.1, 0.15) is 18.2 Å². The highest BCUT2D eigenvalue weighted by Gasteiger charge is 2.14. The number of nitro groups is 1. The van der Waals surface area contributed by atoms with Crippen molar-refractivity contribution in [2.45, 2.75) is 19.2 Å². The van der Waals surface area contributed by atoms with Crippen molar-refractivity contribution in [1.29, 1.82) is 0 Å². The Morgan fingerprint density at radius 1 is 1.38 bits per heavy atom. The normalized spacial score (nSPS) is 12.4. The van der Waals surface area contributed by atoms with E-state index in [1.54, 1.807) is 0 Å². The summed E-state index contributed by atoms with van der Waals surface area (Å²) in [6, 6.07) is 3.65. The molecule has 0 aliphatic carbocycles. The second-order valence-corrected chi connectivity index (χ2v) is 5.20. The van der Waals surface area contributed by atoms with Gasteiger partial charge in [-0.15, -0.1) is 0 Å². The Labute approximate surface area is 133 Å². The molecule has 9 nitrogen and oxygen atoms in total. The maximum absolute atomic E-state index is 13.1. The van der Waals surface area contributed by atoms with Gasteiger partial charge in [0.05, 0.1) is 41.3 Å². The van der Waals surface area contributed by atoms with Gasteiger partial charge in [-0.3, -0.25) is 24.2 Å². The van der Waals surface area contributed by atoms with Crippen molar-refractivity contribution in [2.24, 2.45) is 0 Å². The summed E-state index contributed by atoms with van der Waals surface area (Å²) in [5.41, 5.74) is -0.368. The van der Waals surface area contributed by atoms with Gasteiger partial charge in [0.2, 0.25) is 0 Å². The molecule has 2 aromatic heterocycles. The third-order valence-corrected chi connectivity index (χ3v) is 3.42. The van der Waals surface area contributed by atoms with Gasteiger partial charge in [0.25, 0.3) is 5.56 Å². The van der Waals surface area contributed by atoms with Gasteiger partial charge in [0.15, 0.2) is 0 Å². The van der Waals surface area contributed by atoms with Crippen molar-refractivity contribution < 1.29 is 14.4 Å². The summed E-state index contributed by atoms with van der Waals surface area (Å²) in [5, 5.41) is 24.7. The number of fused-ring (bicyclic) bond motifs is 1. The highest BCUT2D eigenvalue weighted by molar-refractivity contribution is 5.77. The van der Waals surface area contributed by atoms with Crippen molar-refractivity contribution in [3.05, 3.63) is 63.2 Å². The minimum absolute atomic E-state index is 0.0261. The molecule has 1 N–H and O–H groups in total. The Kier molecular flexibility index (Phi) is 4.04. The number of benzene rings is 1. The molecule has 0 saturated heterocycles. The monoisotopic (exact) mass is 333 g/mol. The van der Waals surface area contributed by atoms with E-state index in [9.17, 15) is 24.4 Å². The smallest absolute Gasteiger partial charge is 0.306 e. The number of rotatable bonds is 5. The number of halogens is 1. The Morgan fingerprint density at radius 3 is 2.88 bits per heavy atom. The molecule has 2 heterocycles. The number of aromatic nitrogens is 4. The molecule has 124 valence electrons. The molecule has 1 unspecified atom stereocenters. The maximum Gasteiger partial charge on any atom is 0.306 e. The first kappa shape index (κ1) is 15.7. The van der Waals surface area contributed by atoms with E-state index in [0.717, 1.165) is 18.3 Å². The lowest BCUT2D eigenvalue weighted by molar-refractivity contribution is -0.385. The molecule has 1 atom stereocenters. The minimum atomic E-state index is -1.01. The zero-order valence-electron chi connectivity index (χ0n) is 12.2. The molecule has 0 bridgehead atoms. The van der Waals surface area contributed by atoms with Crippen LogP contribution in [-0.2, 0) is 13.1 Å². The summed E-state index contributed by atoms with van der Waals surface area (Å²) in [5.74, 6) is -0.493. The van der Waals surface area contributed by atoms with E-state index in [2.05, 4.69) is 10.1 Å². The van der Waals surface area contributed by atoms with Gasteiger partial charge in [-0.25, -0.2) is 9.37 Å². The molecule has 1 aromatic carbocycles. The van der Waals surface area contributed by atoms with Crippen molar-refractivity contribution in [3.8, 4) is 0 Å². The molecule has 0 spiro atoms. The summed E-state index contributed by atoms with van der Waals surface area (Å²) < 4.78 is 15.6. The van der Waals surface area contributed by atoms with Gasteiger partial charge in [-0.05, 0) is 12.1 Å². The number of hydrogen-bond donors (Lipinski definition) is 1. The fourth-order valence-electron chi connectivity index (χ4n) is 2.31. The molecule has 0 amide bonds. The van der Waals surface area contributed by atoms with Gasteiger partial charge < -0.3 is 5.11 Å². The molecular weight excluding hydrogens is 321 g/mol. The molecule has 24 heavy (non-hydrogen) atoms. The van der Waals surface area contributed by atoms with Crippen molar-refractivity contribution in [2.75, 3.05) is 0 Å². The van der Waals surface area contributed by atoms with Crippen molar-refractivity contribution in [3.63, 3.8) is 0 Å². The zero-order chi connectivity index (χ0) is 17.3. The summed E-state index contributed by atoms with van der Waals surface area (Å²) in [4.78, 5) is 26.3. The zero-order valence-corrected chi connectivity index (χ0v) is 12.2. The fourth-order valence-corrected chi connectivity index (χ4v) is 2.31. The summed E-state index contributed by atoms with van der Waals surface area (Å²) in [6.07, 6.45) is 2.47. The van der Waals surface area contributed by atoms with E-state index < -0.39 is 22.4 Å². The predicted molar refractivity (Wildman–Crippen MR) is 80.8 cm³/mol. The van der Waals surface area contributed by atoms with E-state index in [-0.39, 0.29) is 29.7 Å². The van der Waals surface area contributed by atoms with Crippen molar-refractivity contribution in [1.82, 2.24) is 19.3 Å². The molecule has 10 heteroatoms. The highest BCUT2D eigenvalue weighted by atomic mass is 19.1. The number of nitrogens with zero attached hydrogens (tertiary/aromatic N) is 5. The van der Waals surface area contributed by atoms with Crippen LogP contribution >= 0.6 is 0 Å². The second kappa shape index (κ2) is 6.16. The lowest BCUT2D eigenvalue weighted by Gasteiger charge is -2.12. The van der Waals surface area contributed by atoms with Gasteiger partial charge in [-0.2, -0.15) is 5.10 Å². The van der Waals surface area contributed by atoms with Gasteiger partial charge in [0, 0.05) is 6.07 Å². The first-order valence-corrected chi connectivity index (χ1v) is 6.93. The largest absolute Gasteiger partial charge is 0.389 e. The van der Waals surface area contributed by atoms with Crippen LogP contribution < -0.4 is 5.56 Å². The Bertz CT molecular complexity index is 967. The van der Waals surface area contributed by atoms with Gasteiger partial charge >= 0.3 is 5.69 Å². The highest BCUT2D eigenvalue weighted by Crippen LogP contribution is 2.10. The average molecular weight is 333 g/mol. The average Bonchev–Trinajstić information content (AvgIpc) is 2.98. The van der Waals surface area contributed by atoms with Crippen molar-refractivity contribution >= 4 is 16.6 Å². The molecular formula is C14H12FN5O4. The topological polar surface area (TPSA) is 116 Å². The molecule has 0 aliphatic heterocycles. The van der Waals surface area contributed by atoms with E-state index in [1.807, 2.05) is 0 Å². The van der Waals surface area contributed by atoms with Crippen LogP contribution in [-0.4, -0.2) is 35.5 Å². The summed E-state index contributed by atoms with van der Waals surface area (Å²) >= 11 is 0. The SMILES string of the molecule is O=c1c2ccc(F)cc2ncn1CC(O)Cn1cc([N+](=O)[O-])cn1. The lowest BCUT2D eigenvalue weighted by atomic mass is 10.2. The third-order valence-electron chi connectivity index (χ3n) is 3.42. The standard InChI is InChI=1S/C14H12FN5O4/c15-9-1-2-12-13(3-9)16-8-18(14(12)22)6-11(21)7-19-5-10(4-17-19)20(23)24/h1-5,8,11,21H,6-7H2. The first-order valence-electron chi connectivity index (χ1n) is 6.93. The Balaban J connectivity index is 1.78. The quantitative estimate of drug-likeness (QED) is 0.543. The number of hydrogen-bond acceptors (Lipinski definition) is 6. The summed E-state index contributed by atoms with van der Waals surface area (Å²) in [6.45, 7) is -0.103. The van der Waals surface area contributed by atoms with E-state index >= 15 is 0 Å². The summed E-state index contributed by atoms with van der Waals surface area (Å²) in [7, 11) is 0. The van der Waals surface area contributed by atoms with Crippen LogP contribution in [0.5, 0.6) is 0 Å². The Morgan fingerprint density at radius 2 is 2.17 bits per heavy atom. The number of aliphatic hydroxyl groups is 1. The van der Waals surface area contributed by atoms with Crippen LogP contribution in [0.25, 0.3) is 10.9 Å². The van der Waals surface area contributed by atoms with Crippen LogP contribution in [0.1, 0.15) is 0 Å². The molecule has 3 rings (SSSR count). The second-order valence-electron chi connectivity index (χ2n) is 5.20. The number of aliphatic hydroxyl groups excluding tert-OH is 1. The first-order chi connectivity index (χ1) is 11.4. The van der Waals surface area contributed by atoms with Crippen LogP contribution in [0.15, 0.2) is 41.7 Å². The van der Waals surface area contributed by atoms with E-state index in [0.29, 0.717) is 0 Å².